The zero-order valence-electron chi connectivity index (χ0n) is 16.1. The zero-order chi connectivity index (χ0) is 20.8. The SMILES string of the molecule is CCNc1nc(Nc2cn(C3CCc4c(C)noc43)nc2C)ncc1C(F)(F)F. The van der Waals surface area contributed by atoms with Gasteiger partial charge in [0.1, 0.15) is 17.4 Å². The van der Waals surface area contributed by atoms with Gasteiger partial charge < -0.3 is 15.2 Å². The number of aryl methyl sites for hydroxylation is 2. The van der Waals surface area contributed by atoms with Crippen molar-refractivity contribution in [2.24, 2.45) is 0 Å². The number of hydrogen-bond acceptors (Lipinski definition) is 7. The molecule has 154 valence electrons. The van der Waals surface area contributed by atoms with E-state index in [0.717, 1.165) is 36.1 Å². The van der Waals surface area contributed by atoms with Crippen molar-refractivity contribution < 1.29 is 17.7 Å². The van der Waals surface area contributed by atoms with Gasteiger partial charge >= 0.3 is 6.18 Å². The van der Waals surface area contributed by atoms with Gasteiger partial charge in [-0.15, -0.1) is 0 Å². The summed E-state index contributed by atoms with van der Waals surface area (Å²) in [4.78, 5) is 7.82. The van der Waals surface area contributed by atoms with E-state index in [4.69, 9.17) is 4.52 Å². The van der Waals surface area contributed by atoms with Crippen molar-refractivity contribution in [2.45, 2.75) is 45.8 Å². The number of hydrogen-bond donors (Lipinski definition) is 2. The van der Waals surface area contributed by atoms with Crippen LogP contribution in [0, 0.1) is 13.8 Å². The molecule has 4 rings (SSSR count). The monoisotopic (exact) mass is 407 g/mol. The van der Waals surface area contributed by atoms with Crippen molar-refractivity contribution in [1.82, 2.24) is 24.9 Å². The summed E-state index contributed by atoms with van der Waals surface area (Å²) in [5, 5.41) is 14.1. The molecule has 0 bridgehead atoms. The predicted molar refractivity (Wildman–Crippen MR) is 99.1 cm³/mol. The van der Waals surface area contributed by atoms with Crippen molar-refractivity contribution in [1.29, 1.82) is 0 Å². The van der Waals surface area contributed by atoms with Gasteiger partial charge in [-0.25, -0.2) is 4.98 Å². The summed E-state index contributed by atoms with van der Waals surface area (Å²) in [5.74, 6) is 0.594. The third-order valence-corrected chi connectivity index (χ3v) is 4.91. The minimum Gasteiger partial charge on any atom is -0.370 e. The van der Waals surface area contributed by atoms with Crippen LogP contribution in [0.15, 0.2) is 16.9 Å². The van der Waals surface area contributed by atoms with Crippen LogP contribution in [-0.4, -0.2) is 31.4 Å². The Morgan fingerprint density at radius 1 is 1.28 bits per heavy atom. The summed E-state index contributed by atoms with van der Waals surface area (Å²) in [6.07, 6.45) is -0.273. The highest BCUT2D eigenvalue weighted by Gasteiger charge is 2.35. The molecule has 1 aliphatic carbocycles. The molecule has 3 aromatic rings. The third kappa shape index (κ3) is 3.52. The molecule has 0 saturated heterocycles. The van der Waals surface area contributed by atoms with E-state index in [9.17, 15) is 13.2 Å². The Bertz CT molecular complexity index is 1040. The summed E-state index contributed by atoms with van der Waals surface area (Å²) in [6, 6.07) is -0.0636. The van der Waals surface area contributed by atoms with Crippen LogP contribution in [0.3, 0.4) is 0 Å². The normalized spacial score (nSPS) is 16.1. The van der Waals surface area contributed by atoms with Crippen LogP contribution in [0.4, 0.5) is 30.6 Å². The highest BCUT2D eigenvalue weighted by molar-refractivity contribution is 5.58. The molecule has 0 spiro atoms. The summed E-state index contributed by atoms with van der Waals surface area (Å²) >= 11 is 0. The van der Waals surface area contributed by atoms with Crippen molar-refractivity contribution in [3.05, 3.63) is 40.7 Å². The molecular weight excluding hydrogens is 387 g/mol. The smallest absolute Gasteiger partial charge is 0.370 e. The number of nitrogens with zero attached hydrogens (tertiary/aromatic N) is 5. The van der Waals surface area contributed by atoms with E-state index < -0.39 is 11.7 Å². The first-order valence-electron chi connectivity index (χ1n) is 9.23. The lowest BCUT2D eigenvalue weighted by molar-refractivity contribution is -0.137. The van der Waals surface area contributed by atoms with Crippen molar-refractivity contribution >= 4 is 17.5 Å². The molecule has 29 heavy (non-hydrogen) atoms. The minimum atomic E-state index is -4.54. The van der Waals surface area contributed by atoms with Crippen LogP contribution < -0.4 is 10.6 Å². The molecule has 0 aliphatic heterocycles. The Hall–Kier alpha value is -3.11. The molecule has 0 saturated carbocycles. The largest absolute Gasteiger partial charge is 0.421 e. The molecule has 0 amide bonds. The lowest BCUT2D eigenvalue weighted by Crippen LogP contribution is -2.14. The Morgan fingerprint density at radius 3 is 2.79 bits per heavy atom. The summed E-state index contributed by atoms with van der Waals surface area (Å²) in [5.41, 5.74) is 2.37. The van der Waals surface area contributed by atoms with Gasteiger partial charge in [0.25, 0.3) is 0 Å². The van der Waals surface area contributed by atoms with Crippen molar-refractivity contribution in [2.75, 3.05) is 17.2 Å². The van der Waals surface area contributed by atoms with Gasteiger partial charge in [0.05, 0.1) is 17.1 Å². The summed E-state index contributed by atoms with van der Waals surface area (Å²) in [6.45, 7) is 5.72. The molecule has 3 aromatic heterocycles. The number of rotatable bonds is 5. The highest BCUT2D eigenvalue weighted by Crippen LogP contribution is 2.37. The fourth-order valence-electron chi connectivity index (χ4n) is 3.47. The molecule has 1 unspecified atom stereocenters. The summed E-state index contributed by atoms with van der Waals surface area (Å²) < 4.78 is 46.6. The van der Waals surface area contributed by atoms with Gasteiger partial charge in [0.2, 0.25) is 5.95 Å². The number of alkyl halides is 3. The second-order valence-corrected chi connectivity index (χ2v) is 6.88. The van der Waals surface area contributed by atoms with E-state index in [0.29, 0.717) is 17.9 Å². The molecule has 1 atom stereocenters. The van der Waals surface area contributed by atoms with Crippen LogP contribution in [0.5, 0.6) is 0 Å². The van der Waals surface area contributed by atoms with E-state index in [-0.39, 0.29) is 17.8 Å². The summed E-state index contributed by atoms with van der Waals surface area (Å²) in [7, 11) is 0. The van der Waals surface area contributed by atoms with E-state index >= 15 is 0 Å². The Morgan fingerprint density at radius 2 is 2.07 bits per heavy atom. The zero-order valence-corrected chi connectivity index (χ0v) is 16.1. The van der Waals surface area contributed by atoms with Crippen LogP contribution in [0.2, 0.25) is 0 Å². The maximum absolute atomic E-state index is 13.1. The average Bonchev–Trinajstić information content (AvgIpc) is 3.32. The lowest BCUT2D eigenvalue weighted by atomic mass is 10.2. The Balaban J connectivity index is 1.60. The van der Waals surface area contributed by atoms with Gasteiger partial charge in [0.15, 0.2) is 5.76 Å². The standard InChI is InChI=1S/C18H20F3N7O/c1-4-22-16-12(18(19,20)21)7-23-17(25-16)24-13-8-28(26-10(13)3)14-6-5-11-9(2)27-29-15(11)14/h7-8,14H,4-6H2,1-3H3,(H2,22,23,24,25). The molecule has 3 heterocycles. The maximum Gasteiger partial charge on any atom is 0.421 e. The van der Waals surface area contributed by atoms with Crippen LogP contribution in [0.25, 0.3) is 0 Å². The van der Waals surface area contributed by atoms with Crippen LogP contribution in [-0.2, 0) is 12.6 Å². The van der Waals surface area contributed by atoms with Gasteiger partial charge in [-0.1, -0.05) is 5.16 Å². The van der Waals surface area contributed by atoms with Gasteiger partial charge in [-0.05, 0) is 33.6 Å². The topological polar surface area (TPSA) is 93.7 Å². The van der Waals surface area contributed by atoms with Crippen LogP contribution in [0.1, 0.15) is 47.7 Å². The van der Waals surface area contributed by atoms with Gasteiger partial charge in [-0.2, -0.15) is 23.3 Å². The highest BCUT2D eigenvalue weighted by atomic mass is 19.4. The fraction of sp³-hybridized carbons (Fsp3) is 0.444. The molecule has 0 fully saturated rings. The molecule has 0 aromatic carbocycles. The lowest BCUT2D eigenvalue weighted by Gasteiger charge is -2.13. The van der Waals surface area contributed by atoms with E-state index in [1.807, 2.05) is 6.92 Å². The molecular formula is C18H20F3N7O. The van der Waals surface area contributed by atoms with Crippen LogP contribution >= 0.6 is 0 Å². The van der Waals surface area contributed by atoms with E-state index in [2.05, 4.69) is 30.9 Å². The number of aromatic nitrogens is 5. The second kappa shape index (κ2) is 7.05. The third-order valence-electron chi connectivity index (χ3n) is 4.91. The molecule has 8 nitrogen and oxygen atoms in total. The van der Waals surface area contributed by atoms with Crippen molar-refractivity contribution in [3.63, 3.8) is 0 Å². The maximum atomic E-state index is 13.1. The number of halogens is 3. The predicted octanol–water partition coefficient (Wildman–Crippen LogP) is 4.01. The number of anilines is 3. The molecule has 11 heteroatoms. The Labute approximate surface area is 164 Å². The molecule has 2 N–H and O–H groups in total. The first-order chi connectivity index (χ1) is 13.8. The second-order valence-electron chi connectivity index (χ2n) is 6.88. The van der Waals surface area contributed by atoms with Gasteiger partial charge in [0, 0.05) is 24.5 Å². The average molecular weight is 407 g/mol. The first kappa shape index (κ1) is 19.2. The Kier molecular flexibility index (Phi) is 4.67. The van der Waals surface area contributed by atoms with E-state index in [1.54, 1.807) is 24.7 Å². The first-order valence-corrected chi connectivity index (χ1v) is 9.23. The number of fused-ring (bicyclic) bond motifs is 1. The number of nitrogens with one attached hydrogen (secondary N) is 2. The fourth-order valence-corrected chi connectivity index (χ4v) is 3.47. The minimum absolute atomic E-state index is 0.0548. The van der Waals surface area contributed by atoms with Gasteiger partial charge in [-0.3, -0.25) is 4.68 Å². The molecule has 1 aliphatic rings. The quantitative estimate of drug-likeness (QED) is 0.660. The van der Waals surface area contributed by atoms with E-state index in [1.165, 1.54) is 0 Å². The van der Waals surface area contributed by atoms with Crippen molar-refractivity contribution in [3.8, 4) is 0 Å². The molecule has 0 radical (unpaired) electrons.